The third-order valence-corrected chi connectivity index (χ3v) is 3.88. The Kier molecular flexibility index (Phi) is 3.66. The van der Waals surface area contributed by atoms with Crippen molar-refractivity contribution < 1.29 is 9.66 Å². The SMILES string of the molecule is COc1c([N+](=O)[O-])cc(Br)c2c1CCCCC2. The maximum atomic E-state index is 11.0. The molecule has 0 amide bonds. The monoisotopic (exact) mass is 299 g/mol. The average molecular weight is 300 g/mol. The number of ether oxygens (including phenoxy) is 1. The van der Waals surface area contributed by atoms with Crippen LogP contribution in [0.1, 0.15) is 30.4 Å². The van der Waals surface area contributed by atoms with Crippen molar-refractivity contribution in [3.63, 3.8) is 0 Å². The summed E-state index contributed by atoms with van der Waals surface area (Å²) in [4.78, 5) is 10.6. The minimum Gasteiger partial charge on any atom is -0.490 e. The lowest BCUT2D eigenvalue weighted by Gasteiger charge is -2.13. The second-order valence-electron chi connectivity index (χ2n) is 4.19. The molecule has 17 heavy (non-hydrogen) atoms. The normalized spacial score (nSPS) is 14.9. The molecule has 1 aliphatic rings. The van der Waals surface area contributed by atoms with Crippen LogP contribution in [-0.4, -0.2) is 12.0 Å². The molecule has 1 aromatic rings. The van der Waals surface area contributed by atoms with Crippen LogP contribution in [0.3, 0.4) is 0 Å². The van der Waals surface area contributed by atoms with E-state index in [2.05, 4.69) is 15.9 Å². The van der Waals surface area contributed by atoms with Gasteiger partial charge in [0, 0.05) is 16.1 Å². The fraction of sp³-hybridized carbons (Fsp3) is 0.500. The summed E-state index contributed by atoms with van der Waals surface area (Å²) in [6.07, 6.45) is 5.19. The van der Waals surface area contributed by atoms with Crippen molar-refractivity contribution in [1.29, 1.82) is 0 Å². The summed E-state index contributed by atoms with van der Waals surface area (Å²) in [5.41, 5.74) is 2.23. The van der Waals surface area contributed by atoms with Gasteiger partial charge in [-0.1, -0.05) is 22.4 Å². The van der Waals surface area contributed by atoms with Gasteiger partial charge in [0.15, 0.2) is 5.75 Å². The summed E-state index contributed by atoms with van der Waals surface area (Å²) in [6.45, 7) is 0. The molecular weight excluding hydrogens is 286 g/mol. The Morgan fingerprint density at radius 3 is 2.53 bits per heavy atom. The first kappa shape index (κ1) is 12.4. The molecule has 0 bridgehead atoms. The summed E-state index contributed by atoms with van der Waals surface area (Å²) in [5, 5.41) is 11.0. The molecule has 1 aromatic carbocycles. The molecule has 0 spiro atoms. The second-order valence-corrected chi connectivity index (χ2v) is 5.04. The van der Waals surface area contributed by atoms with E-state index in [1.165, 1.54) is 12.7 Å². The van der Waals surface area contributed by atoms with Gasteiger partial charge in [0.1, 0.15) is 0 Å². The van der Waals surface area contributed by atoms with Gasteiger partial charge in [-0.2, -0.15) is 0 Å². The highest BCUT2D eigenvalue weighted by Crippen LogP contribution is 2.40. The molecular formula is C12H14BrNO3. The van der Waals surface area contributed by atoms with Crippen molar-refractivity contribution >= 4 is 21.6 Å². The number of rotatable bonds is 2. The average Bonchev–Trinajstić information content (AvgIpc) is 2.54. The van der Waals surface area contributed by atoms with E-state index in [0.717, 1.165) is 42.1 Å². The highest BCUT2D eigenvalue weighted by molar-refractivity contribution is 9.10. The van der Waals surface area contributed by atoms with Gasteiger partial charge in [-0.05, 0) is 31.2 Å². The molecule has 2 rings (SSSR count). The molecule has 0 heterocycles. The number of hydrogen-bond donors (Lipinski definition) is 0. The first-order valence-corrected chi connectivity index (χ1v) is 6.47. The molecule has 0 unspecified atom stereocenters. The van der Waals surface area contributed by atoms with Gasteiger partial charge in [-0.25, -0.2) is 0 Å². The third kappa shape index (κ3) is 2.29. The maximum Gasteiger partial charge on any atom is 0.312 e. The van der Waals surface area contributed by atoms with E-state index in [1.54, 1.807) is 6.07 Å². The van der Waals surface area contributed by atoms with E-state index in [0.29, 0.717) is 5.75 Å². The maximum absolute atomic E-state index is 11.0. The summed E-state index contributed by atoms with van der Waals surface area (Å²) >= 11 is 3.44. The number of hydrogen-bond acceptors (Lipinski definition) is 3. The zero-order chi connectivity index (χ0) is 12.4. The van der Waals surface area contributed by atoms with Crippen molar-refractivity contribution in [3.8, 4) is 5.75 Å². The van der Waals surface area contributed by atoms with Crippen LogP contribution in [0.5, 0.6) is 5.75 Å². The predicted octanol–water partition coefficient (Wildman–Crippen LogP) is 3.63. The van der Waals surface area contributed by atoms with Crippen LogP contribution in [0.4, 0.5) is 5.69 Å². The van der Waals surface area contributed by atoms with Crippen molar-refractivity contribution in [2.45, 2.75) is 32.1 Å². The van der Waals surface area contributed by atoms with E-state index in [4.69, 9.17) is 4.74 Å². The van der Waals surface area contributed by atoms with Gasteiger partial charge in [0.2, 0.25) is 0 Å². The van der Waals surface area contributed by atoms with Crippen molar-refractivity contribution in [2.75, 3.05) is 7.11 Å². The lowest BCUT2D eigenvalue weighted by atomic mass is 10.0. The predicted molar refractivity (Wildman–Crippen MR) is 68.6 cm³/mol. The quantitative estimate of drug-likeness (QED) is 0.476. The Hall–Kier alpha value is -1.10. The van der Waals surface area contributed by atoms with Crippen LogP contribution in [-0.2, 0) is 12.8 Å². The minimum absolute atomic E-state index is 0.0556. The molecule has 0 aromatic heterocycles. The fourth-order valence-electron chi connectivity index (χ4n) is 2.39. The molecule has 4 nitrogen and oxygen atoms in total. The molecule has 1 aliphatic carbocycles. The van der Waals surface area contributed by atoms with Crippen molar-refractivity contribution in [2.24, 2.45) is 0 Å². The standard InChI is InChI=1S/C12H14BrNO3/c1-17-12-9-6-4-2-3-5-8(9)10(13)7-11(12)14(15)16/h7H,2-6H2,1H3. The van der Waals surface area contributed by atoms with Crippen LogP contribution in [0, 0.1) is 10.1 Å². The number of halogens is 1. The number of nitro groups is 1. The highest BCUT2D eigenvalue weighted by atomic mass is 79.9. The summed E-state index contributed by atoms with van der Waals surface area (Å²) in [7, 11) is 1.50. The summed E-state index contributed by atoms with van der Waals surface area (Å²) in [6, 6.07) is 1.56. The minimum atomic E-state index is -0.380. The lowest BCUT2D eigenvalue weighted by molar-refractivity contribution is -0.385. The van der Waals surface area contributed by atoms with Gasteiger partial charge in [-0.15, -0.1) is 0 Å². The Morgan fingerprint density at radius 1 is 1.29 bits per heavy atom. The van der Waals surface area contributed by atoms with Crippen molar-refractivity contribution in [3.05, 3.63) is 31.8 Å². The van der Waals surface area contributed by atoms with E-state index in [1.807, 2.05) is 0 Å². The van der Waals surface area contributed by atoms with Gasteiger partial charge in [0.05, 0.1) is 12.0 Å². The number of nitrogens with zero attached hydrogens (tertiary/aromatic N) is 1. The van der Waals surface area contributed by atoms with Gasteiger partial charge >= 0.3 is 5.69 Å². The Morgan fingerprint density at radius 2 is 1.94 bits per heavy atom. The topological polar surface area (TPSA) is 52.4 Å². The number of benzene rings is 1. The molecule has 0 saturated heterocycles. The van der Waals surface area contributed by atoms with E-state index < -0.39 is 0 Å². The van der Waals surface area contributed by atoms with Crippen LogP contribution in [0.25, 0.3) is 0 Å². The van der Waals surface area contributed by atoms with Gasteiger partial charge < -0.3 is 4.74 Å². The first-order chi connectivity index (χ1) is 8.15. The molecule has 5 heteroatoms. The summed E-state index contributed by atoms with van der Waals surface area (Å²) < 4.78 is 6.09. The molecule has 0 radical (unpaired) electrons. The number of fused-ring (bicyclic) bond motifs is 1. The Balaban J connectivity index is 2.64. The van der Waals surface area contributed by atoms with E-state index in [9.17, 15) is 10.1 Å². The summed E-state index contributed by atoms with van der Waals surface area (Å²) in [5.74, 6) is 0.440. The molecule has 0 atom stereocenters. The van der Waals surface area contributed by atoms with Crippen LogP contribution < -0.4 is 4.74 Å². The molecule has 0 aliphatic heterocycles. The number of methoxy groups -OCH3 is 1. The van der Waals surface area contributed by atoms with Crippen LogP contribution in [0.15, 0.2) is 10.5 Å². The van der Waals surface area contributed by atoms with E-state index in [-0.39, 0.29) is 10.6 Å². The largest absolute Gasteiger partial charge is 0.490 e. The molecule has 0 N–H and O–H groups in total. The Labute approximate surface area is 108 Å². The van der Waals surface area contributed by atoms with Crippen LogP contribution in [0.2, 0.25) is 0 Å². The van der Waals surface area contributed by atoms with Gasteiger partial charge in [-0.3, -0.25) is 10.1 Å². The molecule has 0 saturated carbocycles. The lowest BCUT2D eigenvalue weighted by Crippen LogP contribution is -2.02. The highest BCUT2D eigenvalue weighted by Gasteiger charge is 2.25. The fourth-order valence-corrected chi connectivity index (χ4v) is 3.04. The first-order valence-electron chi connectivity index (χ1n) is 5.67. The van der Waals surface area contributed by atoms with E-state index >= 15 is 0 Å². The smallest absolute Gasteiger partial charge is 0.312 e. The zero-order valence-corrected chi connectivity index (χ0v) is 11.2. The Bertz CT molecular complexity index is 460. The molecule has 0 fully saturated rings. The van der Waals surface area contributed by atoms with Gasteiger partial charge in [0.25, 0.3) is 0 Å². The van der Waals surface area contributed by atoms with Crippen LogP contribution >= 0.6 is 15.9 Å². The molecule has 92 valence electrons. The van der Waals surface area contributed by atoms with Crippen molar-refractivity contribution in [1.82, 2.24) is 0 Å². The number of nitro benzene ring substituents is 1. The third-order valence-electron chi connectivity index (χ3n) is 3.18. The zero-order valence-electron chi connectivity index (χ0n) is 9.66. The second kappa shape index (κ2) is 5.04.